The van der Waals surface area contributed by atoms with Crippen molar-refractivity contribution in [3.63, 3.8) is 0 Å². The van der Waals surface area contributed by atoms with Crippen LogP contribution < -0.4 is 10.6 Å². The summed E-state index contributed by atoms with van der Waals surface area (Å²) < 4.78 is 0. The van der Waals surface area contributed by atoms with Gasteiger partial charge in [-0.05, 0) is 44.9 Å². The number of halogens is 2. The molecular weight excluding hydrogens is 465 g/mol. The Labute approximate surface area is 202 Å². The first-order valence-corrected chi connectivity index (χ1v) is 11.2. The van der Waals surface area contributed by atoms with E-state index in [1.165, 1.54) is 12.4 Å². The lowest BCUT2D eigenvalue weighted by Crippen LogP contribution is -2.58. The van der Waals surface area contributed by atoms with E-state index in [2.05, 4.69) is 15.6 Å². The van der Waals surface area contributed by atoms with Gasteiger partial charge in [0.05, 0.1) is 21.0 Å². The van der Waals surface area contributed by atoms with Gasteiger partial charge in [0.1, 0.15) is 5.54 Å². The molecule has 174 valence electrons. The van der Waals surface area contributed by atoms with Gasteiger partial charge >= 0.3 is 5.97 Å². The number of nitrogens with one attached hydrogen (secondary N) is 2. The number of anilines is 1. The Morgan fingerprint density at radius 3 is 2.18 bits per heavy atom. The minimum atomic E-state index is -1.28. The highest BCUT2D eigenvalue weighted by atomic mass is 35.5. The molecule has 33 heavy (non-hydrogen) atoms. The third kappa shape index (κ3) is 4.61. The van der Waals surface area contributed by atoms with Crippen LogP contribution in [0.2, 0.25) is 10.0 Å². The number of carboxylic acid groups (broad SMARTS) is 1. The second-order valence-electron chi connectivity index (χ2n) is 8.63. The lowest BCUT2D eigenvalue weighted by Gasteiger charge is -2.43. The molecule has 1 heterocycles. The average Bonchev–Trinajstić information content (AvgIpc) is 2.76. The second-order valence-corrected chi connectivity index (χ2v) is 9.44. The normalized spacial score (nSPS) is 16.6. The molecule has 0 fully saturated rings. The van der Waals surface area contributed by atoms with Crippen molar-refractivity contribution in [1.82, 2.24) is 10.3 Å². The van der Waals surface area contributed by atoms with Gasteiger partial charge in [-0.25, -0.2) is 4.79 Å². The minimum Gasteiger partial charge on any atom is -0.479 e. The molecule has 0 saturated carbocycles. The smallest absolute Gasteiger partial charge is 0.329 e. The van der Waals surface area contributed by atoms with E-state index in [0.717, 1.165) is 5.56 Å². The Hall–Kier alpha value is -2.90. The summed E-state index contributed by atoms with van der Waals surface area (Å²) in [6, 6.07) is 6.86. The van der Waals surface area contributed by atoms with E-state index in [9.17, 15) is 19.5 Å². The van der Waals surface area contributed by atoms with Gasteiger partial charge in [-0.1, -0.05) is 42.3 Å². The van der Waals surface area contributed by atoms with E-state index in [4.69, 9.17) is 23.2 Å². The fraction of sp³-hybridized carbons (Fsp3) is 0.333. The number of carbonyl (C=O) groups is 3. The molecule has 0 spiro atoms. The first-order valence-electron chi connectivity index (χ1n) is 10.4. The molecular formula is C24H25Cl2N3O4. The van der Waals surface area contributed by atoms with Crippen LogP contribution in [0.1, 0.15) is 50.0 Å². The van der Waals surface area contributed by atoms with E-state index in [-0.39, 0.29) is 27.8 Å². The Kier molecular flexibility index (Phi) is 6.86. The van der Waals surface area contributed by atoms with Crippen LogP contribution in [0.5, 0.6) is 0 Å². The summed E-state index contributed by atoms with van der Waals surface area (Å²) in [6.45, 7) is 7.07. The fourth-order valence-electron chi connectivity index (χ4n) is 4.01. The number of nitrogens with zero attached hydrogens (tertiary/aromatic N) is 1. The lowest BCUT2D eigenvalue weighted by molar-refractivity contribution is -0.145. The van der Waals surface area contributed by atoms with Crippen LogP contribution in [-0.2, 0) is 16.0 Å². The summed E-state index contributed by atoms with van der Waals surface area (Å²) in [5.41, 5.74) is 0.589. The van der Waals surface area contributed by atoms with Gasteiger partial charge in [-0.15, -0.1) is 0 Å². The van der Waals surface area contributed by atoms with Crippen LogP contribution in [0.15, 0.2) is 47.9 Å². The van der Waals surface area contributed by atoms with Crippen molar-refractivity contribution in [2.75, 3.05) is 5.32 Å². The van der Waals surface area contributed by atoms with Crippen LogP contribution in [0.25, 0.3) is 0 Å². The van der Waals surface area contributed by atoms with Crippen molar-refractivity contribution >= 4 is 46.5 Å². The molecule has 0 aliphatic heterocycles. The Morgan fingerprint density at radius 1 is 1.12 bits per heavy atom. The number of carbonyl (C=O) groups excluding carboxylic acids is 2. The monoisotopic (exact) mass is 489 g/mol. The highest BCUT2D eigenvalue weighted by molar-refractivity contribution is 6.40. The van der Waals surface area contributed by atoms with Crippen molar-refractivity contribution in [3.05, 3.63) is 69.1 Å². The van der Waals surface area contributed by atoms with Crippen molar-refractivity contribution < 1.29 is 19.5 Å². The molecule has 1 aliphatic rings. The van der Waals surface area contributed by atoms with Crippen LogP contribution >= 0.6 is 23.2 Å². The highest BCUT2D eigenvalue weighted by Gasteiger charge is 2.49. The summed E-state index contributed by atoms with van der Waals surface area (Å²) in [5.74, 6) is -1.47. The number of rotatable bonds is 8. The average molecular weight is 490 g/mol. The van der Waals surface area contributed by atoms with Crippen LogP contribution in [0, 0.1) is 5.41 Å². The lowest BCUT2D eigenvalue weighted by atomic mass is 9.68. The zero-order valence-electron chi connectivity index (χ0n) is 18.8. The van der Waals surface area contributed by atoms with Gasteiger partial charge in [0, 0.05) is 35.8 Å². The zero-order valence-corrected chi connectivity index (χ0v) is 20.3. The molecule has 1 aromatic carbocycles. The van der Waals surface area contributed by atoms with Crippen LogP contribution in [-0.4, -0.2) is 33.3 Å². The number of Topliss-reactive ketones (excluding diaryl/α,β-unsaturated/α-hetero) is 1. The number of hydrogen-bond acceptors (Lipinski definition) is 5. The SMILES string of the molecule is CC[C@@](Cc1ccc(NC(=O)c2c(Cl)cncc2Cl)cc1)(NC1=C(C)C(=O)C1(C)C)C(=O)O. The van der Waals surface area contributed by atoms with Gasteiger partial charge in [0.25, 0.3) is 5.91 Å². The van der Waals surface area contributed by atoms with Crippen molar-refractivity contribution in [2.24, 2.45) is 5.41 Å². The molecule has 1 atom stereocenters. The molecule has 0 saturated heterocycles. The Morgan fingerprint density at radius 2 is 1.70 bits per heavy atom. The third-order valence-corrected chi connectivity index (χ3v) is 6.66. The number of carboxylic acids is 1. The first-order chi connectivity index (χ1) is 15.4. The summed E-state index contributed by atoms with van der Waals surface area (Å²) in [5, 5.41) is 16.2. The van der Waals surface area contributed by atoms with Crippen molar-refractivity contribution in [2.45, 2.75) is 46.1 Å². The standard InChI is InChI=1S/C24H25Cl2N3O4/c1-5-24(22(32)33,29-19-13(2)20(30)23(19,3)4)10-14-6-8-15(9-7-14)28-21(31)18-16(25)11-27-12-17(18)26/h6-9,11-12,29H,5,10H2,1-4H3,(H,28,31)(H,32,33)/t24-/m0/s1. The molecule has 3 rings (SSSR count). The maximum Gasteiger partial charge on any atom is 0.329 e. The predicted molar refractivity (Wildman–Crippen MR) is 128 cm³/mol. The van der Waals surface area contributed by atoms with Crippen molar-refractivity contribution in [3.8, 4) is 0 Å². The number of pyridine rings is 1. The molecule has 0 radical (unpaired) electrons. The number of allylic oxidation sites excluding steroid dienone is 2. The first kappa shape index (κ1) is 24.7. The molecule has 9 heteroatoms. The number of benzene rings is 1. The molecule has 0 unspecified atom stereocenters. The highest BCUT2D eigenvalue weighted by Crippen LogP contribution is 2.42. The maximum atomic E-state index is 12.6. The van der Waals surface area contributed by atoms with Gasteiger partial charge in [-0.2, -0.15) is 0 Å². The van der Waals surface area contributed by atoms with Gasteiger partial charge in [0.15, 0.2) is 5.78 Å². The molecule has 1 aliphatic carbocycles. The Bertz CT molecular complexity index is 1140. The number of amides is 1. The Balaban J connectivity index is 1.80. The number of aromatic nitrogens is 1. The zero-order chi connectivity index (χ0) is 24.6. The predicted octanol–water partition coefficient (Wildman–Crippen LogP) is 4.89. The summed E-state index contributed by atoms with van der Waals surface area (Å²) >= 11 is 12.1. The molecule has 0 bridgehead atoms. The molecule has 7 nitrogen and oxygen atoms in total. The molecule has 1 aromatic heterocycles. The maximum absolute atomic E-state index is 12.6. The van der Waals surface area contributed by atoms with E-state index in [1.54, 1.807) is 52.0 Å². The topological polar surface area (TPSA) is 108 Å². The number of ketones is 1. The van der Waals surface area contributed by atoms with Crippen LogP contribution in [0.4, 0.5) is 5.69 Å². The van der Waals surface area contributed by atoms with E-state index >= 15 is 0 Å². The quantitative estimate of drug-likeness (QED) is 0.486. The summed E-state index contributed by atoms with van der Waals surface area (Å²) in [4.78, 5) is 40.9. The van der Waals surface area contributed by atoms with Crippen LogP contribution in [0.3, 0.4) is 0 Å². The van der Waals surface area contributed by atoms with Gasteiger partial charge in [-0.3, -0.25) is 14.6 Å². The molecule has 1 amide bonds. The van der Waals surface area contributed by atoms with Gasteiger partial charge < -0.3 is 15.7 Å². The largest absolute Gasteiger partial charge is 0.479 e. The summed E-state index contributed by atoms with van der Waals surface area (Å²) in [6.07, 6.45) is 3.17. The summed E-state index contributed by atoms with van der Waals surface area (Å²) in [7, 11) is 0. The van der Waals surface area contributed by atoms with Gasteiger partial charge in [0.2, 0.25) is 0 Å². The molecule has 3 N–H and O–H groups in total. The van der Waals surface area contributed by atoms with E-state index in [1.807, 2.05) is 0 Å². The third-order valence-electron chi connectivity index (χ3n) is 6.08. The fourth-order valence-corrected chi connectivity index (χ4v) is 4.54. The second kappa shape index (κ2) is 9.15. The molecule has 2 aromatic rings. The van der Waals surface area contributed by atoms with E-state index < -0.39 is 22.8 Å². The van der Waals surface area contributed by atoms with Crippen molar-refractivity contribution in [1.29, 1.82) is 0 Å². The number of aliphatic carboxylic acids is 1. The number of hydrogen-bond donors (Lipinski definition) is 3. The minimum absolute atomic E-state index is 0.00916. The van der Waals surface area contributed by atoms with E-state index in [0.29, 0.717) is 23.4 Å².